The van der Waals surface area contributed by atoms with Crippen molar-refractivity contribution < 1.29 is 9.90 Å². The van der Waals surface area contributed by atoms with Crippen molar-refractivity contribution in [2.24, 2.45) is 11.3 Å². The van der Waals surface area contributed by atoms with Crippen molar-refractivity contribution in [3.63, 3.8) is 0 Å². The van der Waals surface area contributed by atoms with E-state index in [4.69, 9.17) is 0 Å². The Morgan fingerprint density at radius 1 is 1.22 bits per heavy atom. The molecule has 1 aromatic rings. The second-order valence-electron chi connectivity index (χ2n) is 9.57. The topological polar surface area (TPSA) is 43.8 Å². The Hall–Kier alpha value is -1.39. The number of amides is 1. The van der Waals surface area contributed by atoms with Gasteiger partial charge in [0.05, 0.1) is 6.10 Å². The van der Waals surface area contributed by atoms with Gasteiger partial charge in [0.15, 0.2) is 0 Å². The van der Waals surface area contributed by atoms with Crippen LogP contribution in [0.1, 0.15) is 71.1 Å². The third-order valence-corrected chi connectivity index (χ3v) is 6.41. The number of aryl methyl sites for hydroxylation is 1. The first kappa shape index (κ1) is 20.3. The molecule has 0 bridgehead atoms. The van der Waals surface area contributed by atoms with Crippen LogP contribution < -0.4 is 4.90 Å². The highest BCUT2D eigenvalue weighted by Crippen LogP contribution is 2.33. The van der Waals surface area contributed by atoms with E-state index < -0.39 is 6.10 Å². The lowest BCUT2D eigenvalue weighted by Gasteiger charge is -2.39. The fraction of sp³-hybridized carbons (Fsp3) is 0.696. The van der Waals surface area contributed by atoms with E-state index in [0.29, 0.717) is 18.5 Å². The molecule has 4 nitrogen and oxygen atoms in total. The third kappa shape index (κ3) is 4.38. The first-order valence-corrected chi connectivity index (χ1v) is 10.6. The molecule has 1 fully saturated rings. The number of aliphatic hydroxyl groups is 1. The molecule has 3 atom stereocenters. The molecule has 1 saturated heterocycles. The van der Waals surface area contributed by atoms with Crippen molar-refractivity contribution in [3.8, 4) is 0 Å². The summed E-state index contributed by atoms with van der Waals surface area (Å²) in [6.45, 7) is 13.1. The highest BCUT2D eigenvalue weighted by molar-refractivity contribution is 5.98. The minimum atomic E-state index is -0.475. The minimum Gasteiger partial charge on any atom is -0.387 e. The number of benzene rings is 1. The smallest absolute Gasteiger partial charge is 0.232 e. The van der Waals surface area contributed by atoms with Crippen LogP contribution in [0.25, 0.3) is 0 Å². The Kier molecular flexibility index (Phi) is 5.97. The first-order chi connectivity index (χ1) is 12.7. The molecule has 3 unspecified atom stereocenters. The van der Waals surface area contributed by atoms with Gasteiger partial charge in [-0.25, -0.2) is 0 Å². The number of likely N-dealkylation sites (tertiary alicyclic amines) is 1. The first-order valence-electron chi connectivity index (χ1n) is 10.6. The van der Waals surface area contributed by atoms with Crippen molar-refractivity contribution in [1.29, 1.82) is 0 Å². The molecule has 0 aromatic heterocycles. The summed E-state index contributed by atoms with van der Waals surface area (Å²) in [5.41, 5.74) is 2.81. The monoisotopic (exact) mass is 372 g/mol. The second kappa shape index (κ2) is 7.92. The average Bonchev–Trinajstić information content (AvgIpc) is 2.63. The summed E-state index contributed by atoms with van der Waals surface area (Å²) >= 11 is 0. The maximum atomic E-state index is 12.8. The number of anilines is 1. The lowest BCUT2D eigenvalue weighted by Crippen LogP contribution is -2.44. The number of fused-ring (bicyclic) bond motifs is 1. The Balaban J connectivity index is 1.76. The molecule has 0 saturated carbocycles. The number of carbonyl (C=O) groups excluding carboxylic acids is 1. The molecule has 2 heterocycles. The molecule has 3 rings (SSSR count). The fourth-order valence-electron chi connectivity index (χ4n) is 4.45. The van der Waals surface area contributed by atoms with Crippen LogP contribution in [-0.2, 0) is 11.2 Å². The molecule has 0 aliphatic carbocycles. The van der Waals surface area contributed by atoms with Gasteiger partial charge in [0.1, 0.15) is 0 Å². The number of aliphatic hydroxyl groups excluding tert-OH is 1. The summed E-state index contributed by atoms with van der Waals surface area (Å²) in [5, 5.41) is 10.9. The summed E-state index contributed by atoms with van der Waals surface area (Å²) in [7, 11) is 0. The largest absolute Gasteiger partial charge is 0.387 e. The normalized spacial score (nSPS) is 25.2. The van der Waals surface area contributed by atoms with Gasteiger partial charge in [-0.1, -0.05) is 39.8 Å². The average molecular weight is 373 g/mol. The van der Waals surface area contributed by atoms with Crippen LogP contribution in [0.4, 0.5) is 5.69 Å². The molecular formula is C23H36N2O2. The van der Waals surface area contributed by atoms with Crippen molar-refractivity contribution >= 4 is 11.6 Å². The number of hydrogen-bond donors (Lipinski definition) is 1. The molecule has 1 N–H and O–H groups in total. The number of nitrogens with zero attached hydrogens (tertiary/aromatic N) is 2. The second-order valence-corrected chi connectivity index (χ2v) is 9.57. The van der Waals surface area contributed by atoms with E-state index in [-0.39, 0.29) is 11.3 Å². The van der Waals surface area contributed by atoms with Crippen LogP contribution in [0.15, 0.2) is 18.2 Å². The van der Waals surface area contributed by atoms with Crippen LogP contribution in [0, 0.1) is 11.3 Å². The molecule has 2 aliphatic heterocycles. The van der Waals surface area contributed by atoms with Gasteiger partial charge in [0.2, 0.25) is 5.91 Å². The lowest BCUT2D eigenvalue weighted by molar-refractivity contribution is -0.125. The zero-order valence-electron chi connectivity index (χ0n) is 17.7. The standard InChI is InChI=1S/C23H36N2O2/c1-16-8-6-12-24(17(16)2)15-21(26)19-10-11-20-18(14-19)9-7-13-25(20)22(27)23(3,4)5/h10-11,14,16-17,21,26H,6-9,12-13,15H2,1-5H3. The van der Waals surface area contributed by atoms with Crippen molar-refractivity contribution in [2.45, 2.75) is 72.4 Å². The zero-order valence-corrected chi connectivity index (χ0v) is 17.7. The highest BCUT2D eigenvalue weighted by atomic mass is 16.3. The van der Waals surface area contributed by atoms with E-state index in [9.17, 15) is 9.90 Å². The van der Waals surface area contributed by atoms with Crippen molar-refractivity contribution in [1.82, 2.24) is 4.90 Å². The van der Waals surface area contributed by atoms with E-state index in [1.807, 2.05) is 37.8 Å². The Morgan fingerprint density at radius 3 is 2.67 bits per heavy atom. The van der Waals surface area contributed by atoms with Gasteiger partial charge in [-0.05, 0) is 62.3 Å². The number of rotatable bonds is 3. The Morgan fingerprint density at radius 2 is 1.96 bits per heavy atom. The summed E-state index contributed by atoms with van der Waals surface area (Å²) in [6.07, 6.45) is 3.98. The van der Waals surface area contributed by atoms with Gasteiger partial charge in [-0.2, -0.15) is 0 Å². The quantitative estimate of drug-likeness (QED) is 0.866. The zero-order chi connectivity index (χ0) is 19.8. The summed E-state index contributed by atoms with van der Waals surface area (Å²) in [5.74, 6) is 0.860. The molecule has 1 aromatic carbocycles. The molecule has 4 heteroatoms. The fourth-order valence-corrected chi connectivity index (χ4v) is 4.45. The SMILES string of the molecule is CC1CCCN(CC(O)c2ccc3c(c2)CCCN3C(=O)C(C)(C)C)C1C. The number of carbonyl (C=O) groups is 1. The predicted molar refractivity (Wildman–Crippen MR) is 111 cm³/mol. The Labute approximate surface area is 164 Å². The van der Waals surface area contributed by atoms with Crippen molar-refractivity contribution in [2.75, 3.05) is 24.5 Å². The van der Waals surface area contributed by atoms with Crippen LogP contribution in [0.2, 0.25) is 0 Å². The molecule has 2 aliphatic rings. The molecule has 0 radical (unpaired) electrons. The van der Waals surface area contributed by atoms with Crippen LogP contribution >= 0.6 is 0 Å². The summed E-state index contributed by atoms with van der Waals surface area (Å²) < 4.78 is 0. The number of β-amino-alcohol motifs (C(OH)–C–C–N with tert-alkyl or cyclic N) is 1. The van der Waals surface area contributed by atoms with Gasteiger partial charge in [0.25, 0.3) is 0 Å². The molecule has 0 spiro atoms. The van der Waals surface area contributed by atoms with Gasteiger partial charge in [-0.15, -0.1) is 0 Å². The summed E-state index contributed by atoms with van der Waals surface area (Å²) in [6, 6.07) is 6.69. The van der Waals surface area contributed by atoms with Gasteiger partial charge in [-0.3, -0.25) is 9.69 Å². The molecule has 27 heavy (non-hydrogen) atoms. The Bertz CT molecular complexity index is 679. The third-order valence-electron chi connectivity index (χ3n) is 6.41. The van der Waals surface area contributed by atoms with Gasteiger partial charge < -0.3 is 10.0 Å². The van der Waals surface area contributed by atoms with E-state index in [1.54, 1.807) is 0 Å². The maximum Gasteiger partial charge on any atom is 0.232 e. The van der Waals surface area contributed by atoms with Crippen LogP contribution in [0.3, 0.4) is 0 Å². The minimum absolute atomic E-state index is 0.174. The molecular weight excluding hydrogens is 336 g/mol. The van der Waals surface area contributed by atoms with E-state index in [1.165, 1.54) is 18.4 Å². The van der Waals surface area contributed by atoms with Gasteiger partial charge in [0, 0.05) is 30.2 Å². The lowest BCUT2D eigenvalue weighted by atomic mass is 9.90. The van der Waals surface area contributed by atoms with Crippen LogP contribution in [-0.4, -0.2) is 41.6 Å². The predicted octanol–water partition coefficient (Wildman–Crippen LogP) is 4.17. The van der Waals surface area contributed by atoms with E-state index >= 15 is 0 Å². The maximum absolute atomic E-state index is 12.8. The number of piperidine rings is 1. The highest BCUT2D eigenvalue weighted by Gasteiger charge is 2.32. The van der Waals surface area contributed by atoms with Crippen molar-refractivity contribution in [3.05, 3.63) is 29.3 Å². The summed E-state index contributed by atoms with van der Waals surface area (Å²) in [4.78, 5) is 17.2. The number of hydrogen-bond acceptors (Lipinski definition) is 3. The molecule has 150 valence electrons. The van der Waals surface area contributed by atoms with Crippen LogP contribution in [0.5, 0.6) is 0 Å². The molecule has 1 amide bonds. The van der Waals surface area contributed by atoms with E-state index in [2.05, 4.69) is 24.8 Å². The van der Waals surface area contributed by atoms with E-state index in [0.717, 1.165) is 37.2 Å². The van der Waals surface area contributed by atoms with Gasteiger partial charge >= 0.3 is 0 Å².